The number of nitrogens with one attached hydrogen (secondary N) is 1. The summed E-state index contributed by atoms with van der Waals surface area (Å²) in [6, 6.07) is 6.48. The molecule has 3 aliphatic rings. The summed E-state index contributed by atoms with van der Waals surface area (Å²) in [7, 11) is 0. The Morgan fingerprint density at radius 1 is 1.14 bits per heavy atom. The summed E-state index contributed by atoms with van der Waals surface area (Å²) >= 11 is 0. The molecule has 4 nitrogen and oxygen atoms in total. The normalized spacial score (nSPS) is 29.0. The zero-order valence-corrected chi connectivity index (χ0v) is 12.3. The first kappa shape index (κ1) is 13.1. The van der Waals surface area contributed by atoms with E-state index in [0.717, 1.165) is 23.7 Å². The van der Waals surface area contributed by atoms with E-state index in [9.17, 15) is 4.79 Å². The molecule has 112 valence electrons. The van der Waals surface area contributed by atoms with Crippen LogP contribution < -0.4 is 16.0 Å². The third-order valence-electron chi connectivity index (χ3n) is 5.49. The monoisotopic (exact) mass is 285 g/mol. The summed E-state index contributed by atoms with van der Waals surface area (Å²) in [5, 5.41) is 2.90. The molecule has 21 heavy (non-hydrogen) atoms. The van der Waals surface area contributed by atoms with Crippen molar-refractivity contribution in [2.75, 3.05) is 16.8 Å². The topological polar surface area (TPSA) is 58.4 Å². The van der Waals surface area contributed by atoms with Gasteiger partial charge in [0.2, 0.25) is 5.91 Å². The lowest BCUT2D eigenvalue weighted by Crippen LogP contribution is -2.34. The average molecular weight is 285 g/mol. The summed E-state index contributed by atoms with van der Waals surface area (Å²) in [4.78, 5) is 14.2. The number of anilines is 2. The third kappa shape index (κ3) is 2.13. The van der Waals surface area contributed by atoms with Gasteiger partial charge in [-0.15, -0.1) is 0 Å². The number of fused-ring (bicyclic) bond motifs is 1. The highest BCUT2D eigenvalue weighted by Gasteiger charge is 2.34. The molecule has 0 radical (unpaired) electrons. The van der Waals surface area contributed by atoms with E-state index in [1.54, 1.807) is 0 Å². The van der Waals surface area contributed by atoms with Gasteiger partial charge in [0, 0.05) is 29.5 Å². The molecule has 2 aliphatic heterocycles. The Hall–Kier alpha value is -1.55. The van der Waals surface area contributed by atoms with Gasteiger partial charge in [0.1, 0.15) is 6.04 Å². The number of carbonyl (C=O) groups excluding carboxylic acids is 1. The predicted molar refractivity (Wildman–Crippen MR) is 84.3 cm³/mol. The Morgan fingerprint density at radius 3 is 2.76 bits per heavy atom. The van der Waals surface area contributed by atoms with Crippen LogP contribution in [-0.4, -0.2) is 18.5 Å². The zero-order valence-electron chi connectivity index (χ0n) is 12.3. The number of nitrogens with zero attached hydrogens (tertiary/aromatic N) is 1. The molecule has 1 aromatic carbocycles. The Morgan fingerprint density at radius 2 is 1.95 bits per heavy atom. The Balaban J connectivity index is 1.61. The number of amides is 1. The molecule has 0 aromatic heterocycles. The van der Waals surface area contributed by atoms with E-state index in [1.807, 2.05) is 6.07 Å². The average Bonchev–Trinajstić information content (AvgIpc) is 3.20. The number of hydrogen-bond donors (Lipinski definition) is 2. The molecule has 2 heterocycles. The van der Waals surface area contributed by atoms with Gasteiger partial charge in [0.25, 0.3) is 0 Å². The lowest BCUT2D eigenvalue weighted by atomic mass is 9.95. The second-order valence-corrected chi connectivity index (χ2v) is 6.69. The molecule has 1 aliphatic carbocycles. The van der Waals surface area contributed by atoms with E-state index in [1.165, 1.54) is 44.2 Å². The number of carbonyl (C=O) groups is 1. The Kier molecular flexibility index (Phi) is 3.14. The van der Waals surface area contributed by atoms with Crippen molar-refractivity contribution in [3.05, 3.63) is 23.8 Å². The van der Waals surface area contributed by atoms with Gasteiger partial charge < -0.3 is 16.0 Å². The van der Waals surface area contributed by atoms with Crippen LogP contribution in [0.1, 0.15) is 50.1 Å². The van der Waals surface area contributed by atoms with Crippen molar-refractivity contribution >= 4 is 17.3 Å². The van der Waals surface area contributed by atoms with Crippen LogP contribution in [0.2, 0.25) is 0 Å². The minimum atomic E-state index is -0.502. The quantitative estimate of drug-likeness (QED) is 0.878. The van der Waals surface area contributed by atoms with Gasteiger partial charge in [-0.3, -0.25) is 4.79 Å². The molecule has 3 N–H and O–H groups in total. The first-order valence-electron chi connectivity index (χ1n) is 8.21. The maximum atomic E-state index is 11.7. The third-order valence-corrected chi connectivity index (χ3v) is 5.49. The molecule has 1 amide bonds. The Labute approximate surface area is 125 Å². The summed E-state index contributed by atoms with van der Waals surface area (Å²) < 4.78 is 0. The molecule has 1 aromatic rings. The number of benzene rings is 1. The van der Waals surface area contributed by atoms with Crippen molar-refractivity contribution in [1.82, 2.24) is 0 Å². The lowest BCUT2D eigenvalue weighted by Gasteiger charge is -2.31. The number of nitrogens with two attached hydrogens (primary N) is 1. The van der Waals surface area contributed by atoms with Crippen molar-refractivity contribution in [2.24, 2.45) is 11.7 Å². The van der Waals surface area contributed by atoms with E-state index in [2.05, 4.69) is 22.3 Å². The fourth-order valence-corrected chi connectivity index (χ4v) is 4.40. The lowest BCUT2D eigenvalue weighted by molar-refractivity contribution is -0.116. The highest BCUT2D eigenvalue weighted by Crippen LogP contribution is 2.40. The second-order valence-electron chi connectivity index (χ2n) is 6.69. The molecule has 4 rings (SSSR count). The molecule has 2 atom stereocenters. The second kappa shape index (κ2) is 5.02. The number of rotatable bonds is 2. The van der Waals surface area contributed by atoms with Crippen LogP contribution >= 0.6 is 0 Å². The molecule has 0 bridgehead atoms. The molecule has 0 spiro atoms. The fourth-order valence-electron chi connectivity index (χ4n) is 4.40. The van der Waals surface area contributed by atoms with Crippen LogP contribution in [0.3, 0.4) is 0 Å². The van der Waals surface area contributed by atoms with Crippen molar-refractivity contribution in [3.63, 3.8) is 0 Å². The van der Waals surface area contributed by atoms with Crippen molar-refractivity contribution < 1.29 is 4.79 Å². The highest BCUT2D eigenvalue weighted by atomic mass is 16.2. The van der Waals surface area contributed by atoms with E-state index in [-0.39, 0.29) is 5.91 Å². The molecule has 2 unspecified atom stereocenters. The summed E-state index contributed by atoms with van der Waals surface area (Å²) in [6.45, 7) is 1.14. The largest absolute Gasteiger partial charge is 0.368 e. The van der Waals surface area contributed by atoms with Gasteiger partial charge in [-0.05, 0) is 43.7 Å². The standard InChI is InChI=1S/C17H23N3O/c18-16-13-8-7-12(10-14(13)19-17(16)21)20-9-3-6-15(20)11-4-1-2-5-11/h7-8,10-11,15-16H,1-6,9,18H2,(H,19,21). The van der Waals surface area contributed by atoms with Crippen LogP contribution in [0.25, 0.3) is 0 Å². The fraction of sp³-hybridized carbons (Fsp3) is 0.588. The maximum absolute atomic E-state index is 11.7. The van der Waals surface area contributed by atoms with Crippen molar-refractivity contribution in [3.8, 4) is 0 Å². The molecule has 2 fully saturated rings. The van der Waals surface area contributed by atoms with Gasteiger partial charge in [0.05, 0.1) is 0 Å². The Bertz CT molecular complexity index is 565. The molecule has 1 saturated heterocycles. The molecular weight excluding hydrogens is 262 g/mol. The van der Waals surface area contributed by atoms with Crippen LogP contribution in [0.4, 0.5) is 11.4 Å². The van der Waals surface area contributed by atoms with Gasteiger partial charge in [0.15, 0.2) is 0 Å². The van der Waals surface area contributed by atoms with Crippen LogP contribution in [0, 0.1) is 5.92 Å². The molecule has 1 saturated carbocycles. The maximum Gasteiger partial charge on any atom is 0.245 e. The van der Waals surface area contributed by atoms with Crippen LogP contribution in [0.15, 0.2) is 18.2 Å². The molecule has 4 heteroatoms. The first-order chi connectivity index (χ1) is 10.2. The minimum absolute atomic E-state index is 0.0871. The van der Waals surface area contributed by atoms with E-state index < -0.39 is 6.04 Å². The van der Waals surface area contributed by atoms with Crippen LogP contribution in [0.5, 0.6) is 0 Å². The predicted octanol–water partition coefficient (Wildman–Crippen LogP) is 2.80. The first-order valence-corrected chi connectivity index (χ1v) is 8.21. The highest BCUT2D eigenvalue weighted by molar-refractivity contribution is 6.03. The van der Waals surface area contributed by atoms with E-state index in [4.69, 9.17) is 5.73 Å². The molecular formula is C17H23N3O. The minimum Gasteiger partial charge on any atom is -0.368 e. The summed E-state index contributed by atoms with van der Waals surface area (Å²) in [5.41, 5.74) is 8.98. The van der Waals surface area contributed by atoms with Crippen molar-refractivity contribution in [2.45, 2.75) is 50.6 Å². The number of hydrogen-bond acceptors (Lipinski definition) is 3. The van der Waals surface area contributed by atoms with Crippen molar-refractivity contribution in [1.29, 1.82) is 0 Å². The van der Waals surface area contributed by atoms with Crippen LogP contribution in [-0.2, 0) is 4.79 Å². The van der Waals surface area contributed by atoms with Gasteiger partial charge in [-0.1, -0.05) is 18.9 Å². The van der Waals surface area contributed by atoms with Gasteiger partial charge in [-0.2, -0.15) is 0 Å². The van der Waals surface area contributed by atoms with Gasteiger partial charge >= 0.3 is 0 Å². The van der Waals surface area contributed by atoms with E-state index in [0.29, 0.717) is 6.04 Å². The summed E-state index contributed by atoms with van der Waals surface area (Å²) in [6.07, 6.45) is 8.15. The zero-order chi connectivity index (χ0) is 14.4. The smallest absolute Gasteiger partial charge is 0.245 e. The summed E-state index contributed by atoms with van der Waals surface area (Å²) in [5.74, 6) is 0.772. The van der Waals surface area contributed by atoms with E-state index >= 15 is 0 Å². The SMILES string of the molecule is NC1C(=O)Nc2cc(N3CCCC3C3CCCC3)ccc21. The van der Waals surface area contributed by atoms with Gasteiger partial charge in [-0.25, -0.2) is 0 Å².